The summed E-state index contributed by atoms with van der Waals surface area (Å²) in [5.41, 5.74) is 0.426. The first-order chi connectivity index (χ1) is 6.58. The molecule has 0 aliphatic carbocycles. The Kier molecular flexibility index (Phi) is 4.90. The molecule has 2 N–H and O–H groups in total. The molecule has 1 saturated heterocycles. The Morgan fingerprint density at radius 3 is 2.71 bits per heavy atom. The third-order valence-electron chi connectivity index (χ3n) is 2.78. The fraction of sp³-hybridized carbons (Fsp3) is 1.00. The molecule has 14 heavy (non-hydrogen) atoms. The molecule has 0 aromatic carbocycles. The highest BCUT2D eigenvalue weighted by atomic mass is 14.9. The van der Waals surface area contributed by atoms with Gasteiger partial charge in [-0.15, -0.1) is 0 Å². The van der Waals surface area contributed by atoms with Crippen molar-refractivity contribution < 1.29 is 0 Å². The van der Waals surface area contributed by atoms with Crippen LogP contribution < -0.4 is 10.6 Å². The highest BCUT2D eigenvalue weighted by Gasteiger charge is 2.13. The van der Waals surface area contributed by atoms with Gasteiger partial charge in [0.25, 0.3) is 0 Å². The van der Waals surface area contributed by atoms with Gasteiger partial charge < -0.3 is 10.6 Å². The Balaban J connectivity index is 1.89. The predicted molar refractivity (Wildman–Crippen MR) is 62.5 cm³/mol. The molecule has 0 aromatic heterocycles. The Hall–Kier alpha value is -0.0800. The summed E-state index contributed by atoms with van der Waals surface area (Å²) in [6, 6.07) is 0. The smallest absolute Gasteiger partial charge is 0.0000126 e. The highest BCUT2D eigenvalue weighted by Crippen LogP contribution is 2.14. The summed E-state index contributed by atoms with van der Waals surface area (Å²) < 4.78 is 0. The second-order valence-electron chi connectivity index (χ2n) is 5.74. The molecule has 1 rings (SSSR count). The molecule has 0 amide bonds. The second kappa shape index (κ2) is 5.72. The lowest BCUT2D eigenvalue weighted by Gasteiger charge is -2.19. The number of hydrogen-bond donors (Lipinski definition) is 2. The van der Waals surface area contributed by atoms with Crippen LogP contribution >= 0.6 is 0 Å². The van der Waals surface area contributed by atoms with Crippen molar-refractivity contribution in [2.75, 3.05) is 26.2 Å². The molecular weight excluding hydrogens is 172 g/mol. The average Bonchev–Trinajstić information content (AvgIpc) is 2.54. The largest absolute Gasteiger partial charge is 0.316 e. The van der Waals surface area contributed by atoms with Gasteiger partial charge in [0, 0.05) is 0 Å². The summed E-state index contributed by atoms with van der Waals surface area (Å²) in [7, 11) is 0. The summed E-state index contributed by atoms with van der Waals surface area (Å²) >= 11 is 0. The molecular formula is C12H26N2. The molecule has 1 aliphatic rings. The van der Waals surface area contributed by atoms with Crippen molar-refractivity contribution in [1.82, 2.24) is 10.6 Å². The topological polar surface area (TPSA) is 24.1 Å². The predicted octanol–water partition coefficient (Wildman–Crippen LogP) is 2.01. The SMILES string of the molecule is CC(C)(C)CNCCCC1CCNC1. The maximum Gasteiger partial charge on any atom is -0.0000126 e. The van der Waals surface area contributed by atoms with E-state index in [1.54, 1.807) is 0 Å². The van der Waals surface area contributed by atoms with E-state index in [1.807, 2.05) is 0 Å². The van der Waals surface area contributed by atoms with Crippen molar-refractivity contribution >= 4 is 0 Å². The average molecular weight is 198 g/mol. The zero-order valence-electron chi connectivity index (χ0n) is 10.0. The highest BCUT2D eigenvalue weighted by molar-refractivity contribution is 4.71. The normalized spacial score (nSPS) is 22.9. The molecule has 0 radical (unpaired) electrons. The van der Waals surface area contributed by atoms with Gasteiger partial charge in [0.1, 0.15) is 0 Å². The van der Waals surface area contributed by atoms with Crippen LogP contribution in [0.5, 0.6) is 0 Å². The van der Waals surface area contributed by atoms with E-state index < -0.39 is 0 Å². The third kappa shape index (κ3) is 5.61. The summed E-state index contributed by atoms with van der Waals surface area (Å²) in [6.45, 7) is 11.6. The summed E-state index contributed by atoms with van der Waals surface area (Å²) in [4.78, 5) is 0. The molecule has 1 heterocycles. The van der Waals surface area contributed by atoms with Crippen LogP contribution in [0.25, 0.3) is 0 Å². The Bertz CT molecular complexity index is 143. The minimum atomic E-state index is 0.426. The zero-order chi connectivity index (χ0) is 10.4. The molecule has 1 fully saturated rings. The van der Waals surface area contributed by atoms with Crippen molar-refractivity contribution in [3.8, 4) is 0 Å². The number of nitrogens with one attached hydrogen (secondary N) is 2. The van der Waals surface area contributed by atoms with Crippen LogP contribution in [0.2, 0.25) is 0 Å². The molecule has 0 spiro atoms. The number of rotatable bonds is 5. The van der Waals surface area contributed by atoms with Crippen molar-refractivity contribution in [2.45, 2.75) is 40.0 Å². The van der Waals surface area contributed by atoms with Crippen molar-refractivity contribution in [3.63, 3.8) is 0 Å². The molecule has 0 saturated carbocycles. The van der Waals surface area contributed by atoms with Crippen LogP contribution in [-0.2, 0) is 0 Å². The lowest BCUT2D eigenvalue weighted by atomic mass is 9.97. The van der Waals surface area contributed by atoms with Gasteiger partial charge in [-0.1, -0.05) is 20.8 Å². The van der Waals surface area contributed by atoms with Gasteiger partial charge in [-0.3, -0.25) is 0 Å². The monoisotopic (exact) mass is 198 g/mol. The Labute approximate surface area is 88.8 Å². The molecule has 84 valence electrons. The lowest BCUT2D eigenvalue weighted by Crippen LogP contribution is -2.27. The van der Waals surface area contributed by atoms with E-state index in [1.165, 1.54) is 38.9 Å². The van der Waals surface area contributed by atoms with E-state index in [2.05, 4.69) is 31.4 Å². The first-order valence-corrected chi connectivity index (χ1v) is 5.99. The lowest BCUT2D eigenvalue weighted by molar-refractivity contribution is 0.373. The Morgan fingerprint density at radius 1 is 1.36 bits per heavy atom. The van der Waals surface area contributed by atoms with Crippen LogP contribution in [0.4, 0.5) is 0 Å². The van der Waals surface area contributed by atoms with Gasteiger partial charge in [0.2, 0.25) is 0 Å². The van der Waals surface area contributed by atoms with Gasteiger partial charge in [0.05, 0.1) is 0 Å². The zero-order valence-corrected chi connectivity index (χ0v) is 10.0. The summed E-state index contributed by atoms with van der Waals surface area (Å²) in [6.07, 6.45) is 4.12. The van der Waals surface area contributed by atoms with Crippen LogP contribution in [0, 0.1) is 11.3 Å². The maximum atomic E-state index is 3.53. The van der Waals surface area contributed by atoms with Gasteiger partial charge in [0.15, 0.2) is 0 Å². The van der Waals surface area contributed by atoms with Gasteiger partial charge in [-0.05, 0) is 56.8 Å². The maximum absolute atomic E-state index is 3.53. The van der Waals surface area contributed by atoms with Gasteiger partial charge >= 0.3 is 0 Å². The molecule has 1 aliphatic heterocycles. The first-order valence-electron chi connectivity index (χ1n) is 5.99. The first kappa shape index (κ1) is 12.0. The Morgan fingerprint density at radius 2 is 2.14 bits per heavy atom. The standard InChI is InChI=1S/C12H26N2/c1-12(2,3)10-14-7-4-5-11-6-8-13-9-11/h11,13-14H,4-10H2,1-3H3. The van der Waals surface area contributed by atoms with E-state index in [4.69, 9.17) is 0 Å². The summed E-state index contributed by atoms with van der Waals surface area (Å²) in [5, 5.41) is 6.95. The van der Waals surface area contributed by atoms with Crippen LogP contribution in [0.15, 0.2) is 0 Å². The minimum absolute atomic E-state index is 0.426. The number of hydrogen-bond acceptors (Lipinski definition) is 2. The van der Waals surface area contributed by atoms with Crippen LogP contribution in [0.1, 0.15) is 40.0 Å². The van der Waals surface area contributed by atoms with Crippen LogP contribution in [-0.4, -0.2) is 26.2 Å². The van der Waals surface area contributed by atoms with Crippen molar-refractivity contribution in [2.24, 2.45) is 11.3 Å². The van der Waals surface area contributed by atoms with E-state index in [0.717, 1.165) is 12.5 Å². The molecule has 2 heteroatoms. The van der Waals surface area contributed by atoms with Crippen LogP contribution in [0.3, 0.4) is 0 Å². The fourth-order valence-electron chi connectivity index (χ4n) is 1.94. The molecule has 0 bridgehead atoms. The van der Waals surface area contributed by atoms with Crippen molar-refractivity contribution in [1.29, 1.82) is 0 Å². The van der Waals surface area contributed by atoms with Gasteiger partial charge in [-0.2, -0.15) is 0 Å². The van der Waals surface area contributed by atoms with Crippen molar-refractivity contribution in [3.05, 3.63) is 0 Å². The third-order valence-corrected chi connectivity index (χ3v) is 2.78. The van der Waals surface area contributed by atoms with E-state index in [0.29, 0.717) is 5.41 Å². The second-order valence-corrected chi connectivity index (χ2v) is 5.74. The fourth-order valence-corrected chi connectivity index (χ4v) is 1.94. The van der Waals surface area contributed by atoms with E-state index >= 15 is 0 Å². The molecule has 0 aromatic rings. The summed E-state index contributed by atoms with van der Waals surface area (Å²) in [5.74, 6) is 0.950. The molecule has 1 unspecified atom stereocenters. The molecule has 2 nitrogen and oxygen atoms in total. The van der Waals surface area contributed by atoms with Gasteiger partial charge in [-0.25, -0.2) is 0 Å². The van der Waals surface area contributed by atoms with E-state index in [9.17, 15) is 0 Å². The quantitative estimate of drug-likeness (QED) is 0.660. The minimum Gasteiger partial charge on any atom is -0.316 e. The molecule has 1 atom stereocenters. The van der Waals surface area contributed by atoms with E-state index in [-0.39, 0.29) is 0 Å².